The molecule has 1 aliphatic rings. The van der Waals surface area contributed by atoms with E-state index in [1.807, 2.05) is 0 Å². The standard InChI is InChI=1S/C11H15ClN4O/c12-9-5-8(13)6-10(16-9)14-3-4-15-11(17)7-1-2-7/h5-7H,1-4H2,(H,15,17)(H3,13,14,16). The smallest absolute Gasteiger partial charge is 0.223 e. The van der Waals surface area contributed by atoms with E-state index in [9.17, 15) is 4.79 Å². The number of hydrogen-bond donors (Lipinski definition) is 3. The highest BCUT2D eigenvalue weighted by Crippen LogP contribution is 2.28. The van der Waals surface area contributed by atoms with Crippen LogP contribution in [0.3, 0.4) is 0 Å². The molecule has 0 unspecified atom stereocenters. The maximum atomic E-state index is 11.3. The van der Waals surface area contributed by atoms with Crippen LogP contribution in [0.25, 0.3) is 0 Å². The molecule has 1 amide bonds. The van der Waals surface area contributed by atoms with Crippen LogP contribution in [0.4, 0.5) is 11.5 Å². The number of carbonyl (C=O) groups is 1. The van der Waals surface area contributed by atoms with Gasteiger partial charge in [0.15, 0.2) is 0 Å². The van der Waals surface area contributed by atoms with E-state index in [4.69, 9.17) is 17.3 Å². The number of halogens is 1. The number of pyridine rings is 1. The van der Waals surface area contributed by atoms with Crippen molar-refractivity contribution in [1.82, 2.24) is 10.3 Å². The summed E-state index contributed by atoms with van der Waals surface area (Å²) >= 11 is 5.76. The first-order valence-corrected chi connectivity index (χ1v) is 5.97. The Balaban J connectivity index is 1.71. The third kappa shape index (κ3) is 3.78. The maximum absolute atomic E-state index is 11.3. The summed E-state index contributed by atoms with van der Waals surface area (Å²) in [4.78, 5) is 15.4. The van der Waals surface area contributed by atoms with Gasteiger partial charge < -0.3 is 16.4 Å². The zero-order chi connectivity index (χ0) is 12.3. The summed E-state index contributed by atoms with van der Waals surface area (Å²) in [6.07, 6.45) is 2.04. The molecule has 0 bridgehead atoms. The summed E-state index contributed by atoms with van der Waals surface area (Å²) in [5, 5.41) is 6.26. The number of nitrogens with zero attached hydrogens (tertiary/aromatic N) is 1. The van der Waals surface area contributed by atoms with Crippen LogP contribution in [0.2, 0.25) is 5.15 Å². The summed E-state index contributed by atoms with van der Waals surface area (Å²) in [6, 6.07) is 3.29. The lowest BCUT2D eigenvalue weighted by Gasteiger charge is -2.07. The van der Waals surface area contributed by atoms with Gasteiger partial charge in [-0.1, -0.05) is 11.6 Å². The second kappa shape index (κ2) is 5.23. The fourth-order valence-corrected chi connectivity index (χ4v) is 1.69. The fourth-order valence-electron chi connectivity index (χ4n) is 1.47. The molecule has 1 aliphatic carbocycles. The second-order valence-corrected chi connectivity index (χ2v) is 4.49. The van der Waals surface area contributed by atoms with Gasteiger partial charge in [-0.05, 0) is 18.9 Å². The van der Waals surface area contributed by atoms with Crippen molar-refractivity contribution in [3.05, 3.63) is 17.3 Å². The Labute approximate surface area is 105 Å². The van der Waals surface area contributed by atoms with Crippen molar-refractivity contribution in [3.63, 3.8) is 0 Å². The Hall–Kier alpha value is -1.49. The molecule has 0 aromatic carbocycles. The van der Waals surface area contributed by atoms with E-state index in [1.54, 1.807) is 12.1 Å². The highest BCUT2D eigenvalue weighted by Gasteiger charge is 2.28. The third-order valence-corrected chi connectivity index (χ3v) is 2.69. The van der Waals surface area contributed by atoms with Crippen LogP contribution in [-0.4, -0.2) is 24.0 Å². The van der Waals surface area contributed by atoms with E-state index in [0.29, 0.717) is 29.7 Å². The van der Waals surface area contributed by atoms with E-state index in [0.717, 1.165) is 12.8 Å². The van der Waals surface area contributed by atoms with Gasteiger partial charge in [-0.15, -0.1) is 0 Å². The highest BCUT2D eigenvalue weighted by atomic mass is 35.5. The van der Waals surface area contributed by atoms with Crippen molar-refractivity contribution in [2.24, 2.45) is 5.92 Å². The Morgan fingerprint density at radius 2 is 2.24 bits per heavy atom. The molecular weight excluding hydrogens is 240 g/mol. The van der Waals surface area contributed by atoms with Crippen molar-refractivity contribution in [2.75, 3.05) is 24.1 Å². The molecule has 0 atom stereocenters. The predicted octanol–water partition coefficient (Wildman–Crippen LogP) is 1.26. The number of nitrogens with one attached hydrogen (secondary N) is 2. The largest absolute Gasteiger partial charge is 0.399 e. The van der Waals surface area contributed by atoms with Crippen molar-refractivity contribution < 1.29 is 4.79 Å². The number of anilines is 2. The molecule has 0 radical (unpaired) electrons. The molecule has 6 heteroatoms. The number of nitrogen functional groups attached to an aromatic ring is 1. The van der Waals surface area contributed by atoms with Crippen LogP contribution in [-0.2, 0) is 4.79 Å². The average Bonchev–Trinajstić information content (AvgIpc) is 3.06. The molecule has 1 heterocycles. The highest BCUT2D eigenvalue weighted by molar-refractivity contribution is 6.29. The number of hydrogen-bond acceptors (Lipinski definition) is 4. The minimum absolute atomic E-state index is 0.144. The topological polar surface area (TPSA) is 80.0 Å². The van der Waals surface area contributed by atoms with Crippen LogP contribution in [0.5, 0.6) is 0 Å². The number of rotatable bonds is 5. The number of carbonyl (C=O) groups excluding carboxylic acids is 1. The van der Waals surface area contributed by atoms with Crippen molar-refractivity contribution in [3.8, 4) is 0 Å². The Kier molecular flexibility index (Phi) is 3.68. The summed E-state index contributed by atoms with van der Waals surface area (Å²) in [7, 11) is 0. The molecule has 5 nitrogen and oxygen atoms in total. The van der Waals surface area contributed by atoms with E-state index in [2.05, 4.69) is 15.6 Å². The van der Waals surface area contributed by atoms with Crippen LogP contribution >= 0.6 is 11.6 Å². The molecular formula is C11H15ClN4O. The summed E-state index contributed by atoms with van der Waals surface area (Å²) in [6.45, 7) is 1.18. The van der Waals surface area contributed by atoms with Crippen LogP contribution < -0.4 is 16.4 Å². The van der Waals surface area contributed by atoms with E-state index in [1.165, 1.54) is 0 Å². The van der Waals surface area contributed by atoms with E-state index in [-0.39, 0.29) is 11.8 Å². The SMILES string of the molecule is Nc1cc(Cl)nc(NCCNC(=O)C2CC2)c1. The molecule has 0 saturated heterocycles. The van der Waals surface area contributed by atoms with Gasteiger partial charge in [0.2, 0.25) is 5.91 Å². The quantitative estimate of drug-likeness (QED) is 0.546. The Morgan fingerprint density at radius 1 is 1.47 bits per heavy atom. The number of aromatic nitrogens is 1. The minimum atomic E-state index is 0.144. The first-order valence-electron chi connectivity index (χ1n) is 5.60. The fraction of sp³-hybridized carbons (Fsp3) is 0.455. The van der Waals surface area contributed by atoms with Crippen molar-refractivity contribution in [1.29, 1.82) is 0 Å². The number of nitrogens with two attached hydrogens (primary N) is 1. The number of amides is 1. The molecule has 4 N–H and O–H groups in total. The second-order valence-electron chi connectivity index (χ2n) is 4.10. The summed E-state index contributed by atoms with van der Waals surface area (Å²) < 4.78 is 0. The van der Waals surface area contributed by atoms with Gasteiger partial charge in [0.05, 0.1) is 0 Å². The zero-order valence-electron chi connectivity index (χ0n) is 9.37. The Morgan fingerprint density at radius 3 is 2.88 bits per heavy atom. The van der Waals surface area contributed by atoms with Gasteiger partial charge >= 0.3 is 0 Å². The van der Waals surface area contributed by atoms with Gasteiger partial charge in [0.1, 0.15) is 11.0 Å². The molecule has 1 aromatic heterocycles. The van der Waals surface area contributed by atoms with Crippen LogP contribution in [0.15, 0.2) is 12.1 Å². The van der Waals surface area contributed by atoms with Crippen molar-refractivity contribution >= 4 is 29.0 Å². The summed E-state index contributed by atoms with van der Waals surface area (Å²) in [5.74, 6) is 1.01. The molecule has 1 aromatic rings. The van der Waals surface area contributed by atoms with Crippen molar-refractivity contribution in [2.45, 2.75) is 12.8 Å². The first-order chi connectivity index (χ1) is 8.15. The zero-order valence-corrected chi connectivity index (χ0v) is 10.1. The minimum Gasteiger partial charge on any atom is -0.399 e. The molecule has 1 saturated carbocycles. The molecule has 92 valence electrons. The van der Waals surface area contributed by atoms with Crippen LogP contribution in [0, 0.1) is 5.92 Å². The lowest BCUT2D eigenvalue weighted by Crippen LogP contribution is -2.29. The average molecular weight is 255 g/mol. The molecule has 1 fully saturated rings. The Bertz CT molecular complexity index is 400. The van der Waals surface area contributed by atoms with E-state index < -0.39 is 0 Å². The molecule has 0 spiro atoms. The normalized spacial score (nSPS) is 14.4. The molecule has 0 aliphatic heterocycles. The molecule has 2 rings (SSSR count). The predicted molar refractivity (Wildman–Crippen MR) is 67.9 cm³/mol. The first kappa shape index (κ1) is 12.0. The van der Waals surface area contributed by atoms with Gasteiger partial charge in [0, 0.05) is 30.8 Å². The maximum Gasteiger partial charge on any atom is 0.223 e. The lowest BCUT2D eigenvalue weighted by atomic mass is 10.4. The van der Waals surface area contributed by atoms with E-state index >= 15 is 0 Å². The molecule has 17 heavy (non-hydrogen) atoms. The van der Waals surface area contributed by atoms with Gasteiger partial charge in [-0.2, -0.15) is 0 Å². The summed E-state index contributed by atoms with van der Waals surface area (Å²) in [5.41, 5.74) is 6.19. The van der Waals surface area contributed by atoms with Gasteiger partial charge in [-0.25, -0.2) is 4.98 Å². The lowest BCUT2D eigenvalue weighted by molar-refractivity contribution is -0.122. The van der Waals surface area contributed by atoms with Gasteiger partial charge in [-0.3, -0.25) is 4.79 Å². The van der Waals surface area contributed by atoms with Gasteiger partial charge in [0.25, 0.3) is 0 Å². The third-order valence-electron chi connectivity index (χ3n) is 2.49. The monoisotopic (exact) mass is 254 g/mol. The van der Waals surface area contributed by atoms with Crippen LogP contribution in [0.1, 0.15) is 12.8 Å².